The van der Waals surface area contributed by atoms with E-state index in [4.69, 9.17) is 4.74 Å². The summed E-state index contributed by atoms with van der Waals surface area (Å²) in [5.74, 6) is -3.56. The van der Waals surface area contributed by atoms with Crippen molar-refractivity contribution in [3.63, 3.8) is 0 Å². The van der Waals surface area contributed by atoms with Crippen LogP contribution in [0.5, 0.6) is 0 Å². The lowest BCUT2D eigenvalue weighted by Gasteiger charge is -2.29. The van der Waals surface area contributed by atoms with Crippen LogP contribution in [0.25, 0.3) is 0 Å². The second-order valence-corrected chi connectivity index (χ2v) is 11.8. The summed E-state index contributed by atoms with van der Waals surface area (Å²) in [6.07, 6.45) is -0.200. The van der Waals surface area contributed by atoms with Crippen molar-refractivity contribution in [1.82, 2.24) is 20.4 Å². The van der Waals surface area contributed by atoms with Crippen LogP contribution < -0.4 is 15.5 Å². The SMILES string of the molecule is CCC[C@@H](CNC(=O)c1ccc(N(C)C)cc1)C(=O)N1CC[C@@H]2[C@H]1C(=O)CN2C(=O)[C@H](CC(=O)O)NC(=O)OCc1ccccc1. The van der Waals surface area contributed by atoms with Gasteiger partial charge in [-0.1, -0.05) is 43.7 Å². The molecule has 4 amide bonds. The molecule has 0 aromatic heterocycles. The van der Waals surface area contributed by atoms with Crippen LogP contribution in [0.1, 0.15) is 48.5 Å². The lowest BCUT2D eigenvalue weighted by molar-refractivity contribution is -0.143. The van der Waals surface area contributed by atoms with Crippen molar-refractivity contribution in [1.29, 1.82) is 0 Å². The second kappa shape index (κ2) is 15.4. The largest absolute Gasteiger partial charge is 0.481 e. The zero-order valence-electron chi connectivity index (χ0n) is 26.3. The molecule has 2 aliphatic heterocycles. The number of carbonyl (C=O) groups is 6. The Balaban J connectivity index is 1.39. The molecule has 246 valence electrons. The average Bonchev–Trinajstić information content (AvgIpc) is 3.62. The van der Waals surface area contributed by atoms with E-state index in [0.29, 0.717) is 30.4 Å². The molecule has 4 atom stereocenters. The number of carboxylic acid groups (broad SMARTS) is 1. The number of carboxylic acids is 1. The normalized spacial score (nSPS) is 18.4. The average molecular weight is 636 g/mol. The maximum atomic E-state index is 13.7. The smallest absolute Gasteiger partial charge is 0.408 e. The van der Waals surface area contributed by atoms with Crippen LogP contribution in [-0.4, -0.2) is 102 Å². The Morgan fingerprint density at radius 2 is 1.70 bits per heavy atom. The fourth-order valence-corrected chi connectivity index (χ4v) is 5.96. The molecule has 2 saturated heterocycles. The van der Waals surface area contributed by atoms with Gasteiger partial charge in [0.15, 0.2) is 5.78 Å². The molecular weight excluding hydrogens is 594 g/mol. The Morgan fingerprint density at radius 1 is 1.00 bits per heavy atom. The molecule has 2 aromatic carbocycles. The van der Waals surface area contributed by atoms with E-state index < -0.39 is 48.4 Å². The van der Waals surface area contributed by atoms with Crippen molar-refractivity contribution in [2.24, 2.45) is 5.92 Å². The van der Waals surface area contributed by atoms with Crippen molar-refractivity contribution >= 4 is 41.3 Å². The van der Waals surface area contributed by atoms with Gasteiger partial charge in [-0.15, -0.1) is 0 Å². The summed E-state index contributed by atoms with van der Waals surface area (Å²) in [5.41, 5.74) is 2.12. The zero-order chi connectivity index (χ0) is 33.4. The van der Waals surface area contributed by atoms with Crippen molar-refractivity contribution < 1.29 is 38.6 Å². The third-order valence-corrected chi connectivity index (χ3v) is 8.31. The maximum Gasteiger partial charge on any atom is 0.408 e. The highest BCUT2D eigenvalue weighted by Gasteiger charge is 2.53. The number of anilines is 1. The number of fused-ring (bicyclic) bond motifs is 1. The molecule has 0 radical (unpaired) electrons. The number of nitrogens with zero attached hydrogens (tertiary/aromatic N) is 3. The van der Waals surface area contributed by atoms with Crippen LogP contribution in [0.3, 0.4) is 0 Å². The number of ether oxygens (including phenoxy) is 1. The fraction of sp³-hybridized carbons (Fsp3) is 0.455. The van der Waals surface area contributed by atoms with E-state index in [9.17, 15) is 33.9 Å². The number of hydrogen-bond acceptors (Lipinski definition) is 8. The number of nitrogens with one attached hydrogen (secondary N) is 2. The van der Waals surface area contributed by atoms with Crippen molar-refractivity contribution in [2.75, 3.05) is 38.6 Å². The van der Waals surface area contributed by atoms with Crippen molar-refractivity contribution in [3.05, 3.63) is 65.7 Å². The highest BCUT2D eigenvalue weighted by Crippen LogP contribution is 2.32. The molecule has 3 N–H and O–H groups in total. The van der Waals surface area contributed by atoms with Gasteiger partial charge in [-0.25, -0.2) is 4.79 Å². The number of benzene rings is 2. The lowest BCUT2D eigenvalue weighted by Crippen LogP contribution is -2.52. The van der Waals surface area contributed by atoms with Gasteiger partial charge in [0, 0.05) is 38.4 Å². The number of Topliss-reactive ketones (excluding diaryl/α,β-unsaturated/α-hetero) is 1. The molecule has 13 nitrogen and oxygen atoms in total. The summed E-state index contributed by atoms with van der Waals surface area (Å²) in [4.78, 5) is 82.1. The summed E-state index contributed by atoms with van der Waals surface area (Å²) in [5, 5.41) is 14.6. The van der Waals surface area contributed by atoms with Gasteiger partial charge in [0.2, 0.25) is 11.8 Å². The second-order valence-electron chi connectivity index (χ2n) is 11.8. The van der Waals surface area contributed by atoms with E-state index in [1.165, 1.54) is 9.80 Å². The minimum Gasteiger partial charge on any atom is -0.481 e. The highest BCUT2D eigenvalue weighted by molar-refractivity contribution is 6.00. The van der Waals surface area contributed by atoms with Gasteiger partial charge < -0.3 is 35.2 Å². The minimum atomic E-state index is -1.47. The van der Waals surface area contributed by atoms with Crippen LogP contribution in [0.2, 0.25) is 0 Å². The zero-order valence-corrected chi connectivity index (χ0v) is 26.3. The van der Waals surface area contributed by atoms with Gasteiger partial charge in [0.25, 0.3) is 5.91 Å². The monoisotopic (exact) mass is 635 g/mol. The Hall–Kier alpha value is -4.94. The Morgan fingerprint density at radius 3 is 2.33 bits per heavy atom. The van der Waals surface area contributed by atoms with Gasteiger partial charge in [-0.2, -0.15) is 0 Å². The molecule has 46 heavy (non-hydrogen) atoms. The van der Waals surface area contributed by atoms with E-state index >= 15 is 0 Å². The molecule has 0 aliphatic carbocycles. The van der Waals surface area contributed by atoms with Gasteiger partial charge in [-0.3, -0.25) is 24.0 Å². The number of likely N-dealkylation sites (tertiary alicyclic amines) is 2. The van der Waals surface area contributed by atoms with E-state index in [2.05, 4.69) is 10.6 Å². The first kappa shape index (κ1) is 33.9. The van der Waals surface area contributed by atoms with E-state index in [-0.39, 0.29) is 43.8 Å². The summed E-state index contributed by atoms with van der Waals surface area (Å²) >= 11 is 0. The molecule has 0 bridgehead atoms. The van der Waals surface area contributed by atoms with Gasteiger partial charge >= 0.3 is 12.1 Å². The number of hydrogen-bond donors (Lipinski definition) is 3. The van der Waals surface area contributed by atoms with Crippen molar-refractivity contribution in [3.8, 4) is 0 Å². The molecule has 2 aromatic rings. The molecule has 2 fully saturated rings. The quantitative estimate of drug-likeness (QED) is 0.299. The molecule has 2 aliphatic rings. The molecule has 4 rings (SSSR count). The van der Waals surface area contributed by atoms with Crippen LogP contribution in [0.15, 0.2) is 54.6 Å². The third kappa shape index (κ3) is 8.20. The molecule has 13 heteroatoms. The predicted molar refractivity (Wildman–Crippen MR) is 168 cm³/mol. The van der Waals surface area contributed by atoms with Crippen LogP contribution in [0, 0.1) is 5.92 Å². The molecule has 0 unspecified atom stereocenters. The number of rotatable bonds is 13. The highest BCUT2D eigenvalue weighted by atomic mass is 16.5. The minimum absolute atomic E-state index is 0.0766. The standard InChI is InChI=1S/C33H41N5O8/c1-4-8-23(18-34-30(42)22-11-13-24(14-12-22)36(2)3)31(43)37-16-15-26-29(37)27(39)19-38(26)32(44)25(17-28(40)41)35-33(45)46-20-21-9-6-5-7-10-21/h5-7,9-14,23,25-26,29H,4,8,15-20H2,1-3H3,(H,34,42)(H,35,45)(H,40,41)/t23-,25-,26+,29-/m0/s1. The number of amides is 4. The van der Waals surface area contributed by atoms with Crippen LogP contribution in [0.4, 0.5) is 10.5 Å². The Labute approximate surface area is 267 Å². The number of alkyl carbamates (subject to hydrolysis) is 1. The summed E-state index contributed by atoms with van der Waals surface area (Å²) < 4.78 is 5.18. The topological polar surface area (TPSA) is 166 Å². The maximum absolute atomic E-state index is 13.7. The molecular formula is C33H41N5O8. The predicted octanol–water partition coefficient (Wildman–Crippen LogP) is 2.05. The number of carbonyl (C=O) groups excluding carboxylic acids is 5. The Kier molecular flexibility index (Phi) is 11.3. The summed E-state index contributed by atoms with van der Waals surface area (Å²) in [6.45, 7) is 1.84. The summed E-state index contributed by atoms with van der Waals surface area (Å²) in [7, 11) is 3.80. The fourth-order valence-electron chi connectivity index (χ4n) is 5.96. The lowest BCUT2D eigenvalue weighted by atomic mass is 10.0. The van der Waals surface area contributed by atoms with Crippen LogP contribution >= 0.6 is 0 Å². The first-order chi connectivity index (χ1) is 22.0. The van der Waals surface area contributed by atoms with E-state index in [1.54, 1.807) is 36.4 Å². The Bertz CT molecular complexity index is 1430. The first-order valence-corrected chi connectivity index (χ1v) is 15.4. The van der Waals surface area contributed by atoms with Gasteiger partial charge in [-0.05, 0) is 42.7 Å². The molecule has 2 heterocycles. The van der Waals surface area contributed by atoms with Crippen LogP contribution in [-0.2, 0) is 30.5 Å². The molecule has 0 spiro atoms. The molecule has 0 saturated carbocycles. The van der Waals surface area contributed by atoms with Gasteiger partial charge in [0.1, 0.15) is 18.7 Å². The van der Waals surface area contributed by atoms with Gasteiger partial charge in [0.05, 0.1) is 24.9 Å². The van der Waals surface area contributed by atoms with E-state index in [0.717, 1.165) is 5.69 Å². The summed E-state index contributed by atoms with van der Waals surface area (Å²) in [6, 6.07) is 12.9. The number of ketones is 1. The third-order valence-electron chi connectivity index (χ3n) is 8.31. The van der Waals surface area contributed by atoms with Crippen molar-refractivity contribution in [2.45, 2.75) is 57.3 Å². The first-order valence-electron chi connectivity index (χ1n) is 15.4. The number of aliphatic carboxylic acids is 1. The van der Waals surface area contributed by atoms with E-state index in [1.807, 2.05) is 44.1 Å².